The first-order chi connectivity index (χ1) is 14.2. The smallest absolute Gasteiger partial charge is 0.227 e. The number of ether oxygens (including phenoxy) is 1. The predicted molar refractivity (Wildman–Crippen MR) is 114 cm³/mol. The molecule has 1 aliphatic rings. The van der Waals surface area contributed by atoms with Crippen molar-refractivity contribution in [1.29, 1.82) is 0 Å². The SMILES string of the molecule is CCOc1ccc(-c2noc(CCC(=O)N[C@@]3(CO)C[C@@H](C)CC(C)(C)C3)n2)cc1. The lowest BCUT2D eigenvalue weighted by Crippen LogP contribution is -2.57. The van der Waals surface area contributed by atoms with Crippen molar-refractivity contribution >= 4 is 5.91 Å². The summed E-state index contributed by atoms with van der Waals surface area (Å²) >= 11 is 0. The summed E-state index contributed by atoms with van der Waals surface area (Å²) in [6.07, 6.45) is 3.26. The molecule has 164 valence electrons. The van der Waals surface area contributed by atoms with Crippen molar-refractivity contribution in [2.75, 3.05) is 13.2 Å². The third-order valence-corrected chi connectivity index (χ3v) is 5.62. The van der Waals surface area contributed by atoms with Crippen LogP contribution in [0.1, 0.15) is 59.3 Å². The molecule has 1 saturated carbocycles. The van der Waals surface area contributed by atoms with E-state index in [2.05, 4.69) is 36.2 Å². The molecule has 1 amide bonds. The topological polar surface area (TPSA) is 97.5 Å². The molecule has 0 radical (unpaired) electrons. The van der Waals surface area contributed by atoms with Crippen molar-refractivity contribution in [3.05, 3.63) is 30.2 Å². The molecule has 3 rings (SSSR count). The van der Waals surface area contributed by atoms with E-state index in [-0.39, 0.29) is 24.3 Å². The number of hydrogen-bond acceptors (Lipinski definition) is 6. The third-order valence-electron chi connectivity index (χ3n) is 5.62. The van der Waals surface area contributed by atoms with Gasteiger partial charge in [0.25, 0.3) is 0 Å². The van der Waals surface area contributed by atoms with Gasteiger partial charge in [-0.15, -0.1) is 0 Å². The van der Waals surface area contributed by atoms with Crippen molar-refractivity contribution in [3.63, 3.8) is 0 Å². The van der Waals surface area contributed by atoms with Gasteiger partial charge >= 0.3 is 0 Å². The Morgan fingerprint density at radius 3 is 2.67 bits per heavy atom. The Labute approximate surface area is 178 Å². The molecule has 1 aromatic heterocycles. The van der Waals surface area contributed by atoms with Gasteiger partial charge in [0.15, 0.2) is 0 Å². The van der Waals surface area contributed by atoms with E-state index in [1.165, 1.54) is 0 Å². The molecule has 1 aromatic carbocycles. The summed E-state index contributed by atoms with van der Waals surface area (Å²) in [5, 5.41) is 17.2. The van der Waals surface area contributed by atoms with Crippen LogP contribution in [0.2, 0.25) is 0 Å². The van der Waals surface area contributed by atoms with Crippen LogP contribution in [0.25, 0.3) is 11.4 Å². The Kier molecular flexibility index (Phi) is 6.81. The molecule has 0 saturated heterocycles. The highest BCUT2D eigenvalue weighted by molar-refractivity contribution is 5.77. The number of benzene rings is 1. The molecule has 2 aromatic rings. The Morgan fingerprint density at radius 1 is 1.30 bits per heavy atom. The fraction of sp³-hybridized carbons (Fsp3) is 0.609. The van der Waals surface area contributed by atoms with Crippen LogP contribution in [-0.4, -0.2) is 39.9 Å². The van der Waals surface area contributed by atoms with Gasteiger partial charge in [0.1, 0.15) is 5.75 Å². The van der Waals surface area contributed by atoms with Gasteiger partial charge in [-0.1, -0.05) is 25.9 Å². The quantitative estimate of drug-likeness (QED) is 0.681. The van der Waals surface area contributed by atoms with Crippen molar-refractivity contribution in [2.45, 2.75) is 65.3 Å². The number of aromatic nitrogens is 2. The third kappa shape index (κ3) is 5.59. The predicted octanol–water partition coefficient (Wildman–Crippen LogP) is 3.76. The fourth-order valence-corrected chi connectivity index (χ4v) is 4.92. The van der Waals surface area contributed by atoms with Crippen LogP contribution >= 0.6 is 0 Å². The lowest BCUT2D eigenvalue weighted by Gasteiger charge is -2.47. The minimum absolute atomic E-state index is 0.0467. The average Bonchev–Trinajstić information content (AvgIpc) is 3.15. The number of nitrogens with zero attached hydrogens (tertiary/aromatic N) is 2. The van der Waals surface area contributed by atoms with Gasteiger partial charge in [0.05, 0.1) is 18.8 Å². The standard InChI is InChI=1S/C23H33N3O4/c1-5-29-18-8-6-17(7-9-18)21-24-20(30-26-21)11-10-19(28)25-23(15-27)13-16(2)12-22(3,4)14-23/h6-9,16,27H,5,10-15H2,1-4H3,(H,25,28)/t16-,23-/m0/s1. The molecule has 1 aliphatic carbocycles. The van der Waals surface area contributed by atoms with E-state index in [1.807, 2.05) is 31.2 Å². The minimum atomic E-state index is -0.555. The van der Waals surface area contributed by atoms with E-state index in [4.69, 9.17) is 9.26 Å². The number of nitrogens with one attached hydrogen (secondary N) is 1. The lowest BCUT2D eigenvalue weighted by atomic mass is 9.64. The van der Waals surface area contributed by atoms with Crippen molar-refractivity contribution in [1.82, 2.24) is 15.5 Å². The molecule has 7 heteroatoms. The summed E-state index contributed by atoms with van der Waals surface area (Å²) in [5.41, 5.74) is 0.364. The van der Waals surface area contributed by atoms with Gasteiger partial charge in [0, 0.05) is 18.4 Å². The van der Waals surface area contributed by atoms with E-state index >= 15 is 0 Å². The van der Waals surface area contributed by atoms with E-state index in [9.17, 15) is 9.90 Å². The second-order valence-electron chi connectivity index (χ2n) is 9.31. The highest BCUT2D eigenvalue weighted by Crippen LogP contribution is 2.43. The van der Waals surface area contributed by atoms with Gasteiger partial charge in [-0.05, 0) is 61.8 Å². The maximum absolute atomic E-state index is 12.6. The first-order valence-corrected chi connectivity index (χ1v) is 10.7. The first kappa shape index (κ1) is 22.3. The lowest BCUT2D eigenvalue weighted by molar-refractivity contribution is -0.125. The molecule has 1 fully saturated rings. The molecule has 0 aliphatic heterocycles. The molecule has 2 atom stereocenters. The van der Waals surface area contributed by atoms with Crippen LogP contribution in [0, 0.1) is 11.3 Å². The summed E-state index contributed by atoms with van der Waals surface area (Å²) in [7, 11) is 0. The van der Waals surface area contributed by atoms with Crippen molar-refractivity contribution in [3.8, 4) is 17.1 Å². The first-order valence-electron chi connectivity index (χ1n) is 10.7. The minimum Gasteiger partial charge on any atom is -0.494 e. The molecule has 7 nitrogen and oxygen atoms in total. The van der Waals surface area contributed by atoms with Crippen LogP contribution in [0.15, 0.2) is 28.8 Å². The zero-order valence-electron chi connectivity index (χ0n) is 18.4. The number of rotatable bonds is 8. The summed E-state index contributed by atoms with van der Waals surface area (Å²) in [6, 6.07) is 7.49. The molecular formula is C23H33N3O4. The molecule has 1 heterocycles. The maximum atomic E-state index is 12.6. The molecule has 0 unspecified atom stereocenters. The normalized spacial score (nSPS) is 23.2. The zero-order chi connectivity index (χ0) is 21.8. The monoisotopic (exact) mass is 415 g/mol. The van der Waals surface area contributed by atoms with E-state index in [0.29, 0.717) is 30.7 Å². The van der Waals surface area contributed by atoms with Gasteiger partial charge in [-0.3, -0.25) is 4.79 Å². The second kappa shape index (κ2) is 9.16. The summed E-state index contributed by atoms with van der Waals surface area (Å²) in [5.74, 6) is 2.05. The molecule has 30 heavy (non-hydrogen) atoms. The number of carbonyl (C=O) groups is 1. The molecular weight excluding hydrogens is 382 g/mol. The van der Waals surface area contributed by atoms with Crippen LogP contribution < -0.4 is 10.1 Å². The zero-order valence-corrected chi connectivity index (χ0v) is 18.4. The average molecular weight is 416 g/mol. The molecule has 0 spiro atoms. The largest absolute Gasteiger partial charge is 0.494 e. The highest BCUT2D eigenvalue weighted by Gasteiger charge is 2.43. The summed E-state index contributed by atoms with van der Waals surface area (Å²) < 4.78 is 10.8. The van der Waals surface area contributed by atoms with Crippen LogP contribution in [-0.2, 0) is 11.2 Å². The Bertz CT molecular complexity index is 846. The van der Waals surface area contributed by atoms with Gasteiger partial charge < -0.3 is 19.7 Å². The van der Waals surface area contributed by atoms with Crippen LogP contribution in [0.5, 0.6) is 5.75 Å². The molecule has 2 N–H and O–H groups in total. The van der Waals surface area contributed by atoms with Crippen molar-refractivity contribution < 1.29 is 19.2 Å². The maximum Gasteiger partial charge on any atom is 0.227 e. The Morgan fingerprint density at radius 2 is 2.03 bits per heavy atom. The van der Waals surface area contributed by atoms with Crippen LogP contribution in [0.4, 0.5) is 0 Å². The second-order valence-corrected chi connectivity index (χ2v) is 9.31. The summed E-state index contributed by atoms with van der Waals surface area (Å²) in [6.45, 7) is 9.07. The number of amides is 1. The number of carbonyl (C=O) groups excluding carboxylic acids is 1. The number of hydrogen-bond donors (Lipinski definition) is 2. The van der Waals surface area contributed by atoms with E-state index in [0.717, 1.165) is 30.6 Å². The Hall–Kier alpha value is -2.41. The van der Waals surface area contributed by atoms with Gasteiger partial charge in [-0.2, -0.15) is 4.98 Å². The summed E-state index contributed by atoms with van der Waals surface area (Å²) in [4.78, 5) is 17.0. The van der Waals surface area contributed by atoms with Gasteiger partial charge in [0.2, 0.25) is 17.6 Å². The Balaban J connectivity index is 1.57. The van der Waals surface area contributed by atoms with E-state index in [1.54, 1.807) is 0 Å². The number of aliphatic hydroxyl groups is 1. The fourth-order valence-electron chi connectivity index (χ4n) is 4.92. The number of aliphatic hydroxyl groups excluding tert-OH is 1. The van der Waals surface area contributed by atoms with Gasteiger partial charge in [-0.25, -0.2) is 0 Å². The van der Waals surface area contributed by atoms with Crippen LogP contribution in [0.3, 0.4) is 0 Å². The van der Waals surface area contributed by atoms with Crippen molar-refractivity contribution in [2.24, 2.45) is 11.3 Å². The van der Waals surface area contributed by atoms with E-state index < -0.39 is 5.54 Å². The highest BCUT2D eigenvalue weighted by atomic mass is 16.5. The number of aryl methyl sites for hydroxylation is 1. The molecule has 0 bridgehead atoms.